The van der Waals surface area contributed by atoms with Crippen molar-refractivity contribution in [2.75, 3.05) is 0 Å². The third-order valence-electron chi connectivity index (χ3n) is 5.24. The highest BCUT2D eigenvalue weighted by Gasteiger charge is 2.16. The highest BCUT2D eigenvalue weighted by molar-refractivity contribution is 5.79. The van der Waals surface area contributed by atoms with E-state index in [9.17, 15) is 9.90 Å². The molecule has 1 amide bonds. The molecule has 1 aliphatic rings. The minimum atomic E-state index is 0.100. The van der Waals surface area contributed by atoms with Gasteiger partial charge < -0.3 is 15.2 Å². The maximum absolute atomic E-state index is 12.4. The monoisotopic (exact) mass is 367 g/mol. The fourth-order valence-electron chi connectivity index (χ4n) is 3.82. The minimum Gasteiger partial charge on any atom is -0.508 e. The average Bonchev–Trinajstić information content (AvgIpc) is 2.62. The van der Waals surface area contributed by atoms with E-state index < -0.39 is 0 Å². The first-order valence-electron chi connectivity index (χ1n) is 9.79. The van der Waals surface area contributed by atoms with Gasteiger partial charge in [0, 0.05) is 6.04 Å². The van der Waals surface area contributed by atoms with Gasteiger partial charge in [0.05, 0.1) is 6.42 Å². The van der Waals surface area contributed by atoms with E-state index in [2.05, 4.69) is 5.32 Å². The molecule has 0 radical (unpaired) electrons. The lowest BCUT2D eigenvalue weighted by Gasteiger charge is -2.23. The fourth-order valence-corrected chi connectivity index (χ4v) is 3.82. The number of aryl methyl sites for hydroxylation is 3. The smallest absolute Gasteiger partial charge is 0.224 e. The summed E-state index contributed by atoms with van der Waals surface area (Å²) >= 11 is 0. The molecule has 0 bridgehead atoms. The Balaban J connectivity index is 1.68. The minimum absolute atomic E-state index is 0.100. The topological polar surface area (TPSA) is 58.6 Å². The Morgan fingerprint density at radius 2 is 1.70 bits per heavy atom. The van der Waals surface area contributed by atoms with Crippen LogP contribution in [-0.4, -0.2) is 17.1 Å². The van der Waals surface area contributed by atoms with Gasteiger partial charge in [0.15, 0.2) is 0 Å². The van der Waals surface area contributed by atoms with Crippen molar-refractivity contribution in [2.45, 2.75) is 65.3 Å². The Morgan fingerprint density at radius 1 is 1.04 bits per heavy atom. The van der Waals surface area contributed by atoms with Gasteiger partial charge in [-0.2, -0.15) is 0 Å². The van der Waals surface area contributed by atoms with Crippen LogP contribution in [-0.2, 0) is 11.2 Å². The molecule has 0 saturated heterocycles. The maximum Gasteiger partial charge on any atom is 0.224 e. The average molecular weight is 367 g/mol. The highest BCUT2D eigenvalue weighted by atomic mass is 16.5. The number of rotatable bonds is 5. The van der Waals surface area contributed by atoms with Crippen LogP contribution in [0.5, 0.6) is 17.2 Å². The van der Waals surface area contributed by atoms with E-state index >= 15 is 0 Å². The summed E-state index contributed by atoms with van der Waals surface area (Å²) in [5.74, 6) is 1.86. The molecular formula is C23H29NO3. The standard InChI is InChI=1S/C23H29NO3/c1-15-13-20(9-10-21(15)25)27-23-16(2)11-18(12-17(23)3)14-22(26)24-19-7-5-4-6-8-19/h9-13,19,25H,4-8,14H2,1-3H3,(H,24,26). The van der Waals surface area contributed by atoms with Crippen molar-refractivity contribution in [3.63, 3.8) is 0 Å². The Kier molecular flexibility index (Phi) is 6.04. The summed E-state index contributed by atoms with van der Waals surface area (Å²) in [6.45, 7) is 5.84. The summed E-state index contributed by atoms with van der Waals surface area (Å²) in [5.41, 5.74) is 3.79. The summed E-state index contributed by atoms with van der Waals surface area (Å²) in [5, 5.41) is 12.8. The van der Waals surface area contributed by atoms with Gasteiger partial charge in [-0.15, -0.1) is 0 Å². The molecule has 2 aromatic carbocycles. The lowest BCUT2D eigenvalue weighted by atomic mass is 9.95. The van der Waals surface area contributed by atoms with Gasteiger partial charge >= 0.3 is 0 Å². The SMILES string of the molecule is Cc1cc(Oc2c(C)cc(CC(=O)NC3CCCCC3)cc2C)ccc1O. The maximum atomic E-state index is 12.4. The van der Waals surface area contributed by atoms with Gasteiger partial charge in [-0.1, -0.05) is 31.4 Å². The molecule has 0 unspecified atom stereocenters. The summed E-state index contributed by atoms with van der Waals surface area (Å²) in [4.78, 5) is 12.4. The molecule has 4 heteroatoms. The molecule has 0 spiro atoms. The second kappa shape index (κ2) is 8.47. The van der Waals surface area contributed by atoms with E-state index in [1.807, 2.05) is 39.0 Å². The van der Waals surface area contributed by atoms with Crippen molar-refractivity contribution in [2.24, 2.45) is 0 Å². The van der Waals surface area contributed by atoms with Crippen molar-refractivity contribution in [3.05, 3.63) is 52.6 Å². The van der Waals surface area contributed by atoms with Gasteiger partial charge in [0.1, 0.15) is 17.2 Å². The highest BCUT2D eigenvalue weighted by Crippen LogP contribution is 2.32. The van der Waals surface area contributed by atoms with Crippen LogP contribution < -0.4 is 10.1 Å². The number of carbonyl (C=O) groups excluding carboxylic acids is 1. The number of benzene rings is 2. The molecule has 27 heavy (non-hydrogen) atoms. The number of aromatic hydroxyl groups is 1. The van der Waals surface area contributed by atoms with Crippen molar-refractivity contribution in [1.82, 2.24) is 5.32 Å². The fraction of sp³-hybridized carbons (Fsp3) is 0.435. The second-order valence-corrected chi connectivity index (χ2v) is 7.69. The quantitative estimate of drug-likeness (QED) is 0.773. The number of hydrogen-bond acceptors (Lipinski definition) is 3. The summed E-state index contributed by atoms with van der Waals surface area (Å²) < 4.78 is 6.05. The molecule has 0 atom stereocenters. The van der Waals surface area contributed by atoms with Crippen molar-refractivity contribution in [3.8, 4) is 17.2 Å². The van der Waals surface area contributed by atoms with Gasteiger partial charge in [0.2, 0.25) is 5.91 Å². The van der Waals surface area contributed by atoms with Gasteiger partial charge in [-0.25, -0.2) is 0 Å². The zero-order valence-electron chi connectivity index (χ0n) is 16.5. The molecule has 1 aliphatic carbocycles. The van der Waals surface area contributed by atoms with Crippen LogP contribution in [0.4, 0.5) is 0 Å². The van der Waals surface area contributed by atoms with Crippen LogP contribution in [0.2, 0.25) is 0 Å². The summed E-state index contributed by atoms with van der Waals surface area (Å²) in [6, 6.07) is 9.60. The van der Waals surface area contributed by atoms with E-state index in [1.54, 1.807) is 12.1 Å². The Labute approximate surface area is 161 Å². The first-order chi connectivity index (χ1) is 12.9. The lowest BCUT2D eigenvalue weighted by molar-refractivity contribution is -0.121. The third-order valence-corrected chi connectivity index (χ3v) is 5.24. The first-order valence-corrected chi connectivity index (χ1v) is 9.79. The number of hydrogen-bond donors (Lipinski definition) is 2. The van der Waals surface area contributed by atoms with Crippen LogP contribution in [0.3, 0.4) is 0 Å². The summed E-state index contributed by atoms with van der Waals surface area (Å²) in [7, 11) is 0. The summed E-state index contributed by atoms with van der Waals surface area (Å²) in [6.07, 6.45) is 6.31. The Hall–Kier alpha value is -2.49. The third kappa shape index (κ3) is 5.03. The number of phenolic OH excluding ortho intramolecular Hbond substituents is 1. The largest absolute Gasteiger partial charge is 0.508 e. The number of amides is 1. The van der Waals surface area contributed by atoms with Crippen LogP contribution >= 0.6 is 0 Å². The van der Waals surface area contributed by atoms with Crippen LogP contribution in [0.1, 0.15) is 54.4 Å². The Morgan fingerprint density at radius 3 is 2.33 bits per heavy atom. The van der Waals surface area contributed by atoms with E-state index in [-0.39, 0.29) is 11.7 Å². The predicted molar refractivity (Wildman–Crippen MR) is 108 cm³/mol. The van der Waals surface area contributed by atoms with Crippen LogP contribution in [0.25, 0.3) is 0 Å². The van der Waals surface area contributed by atoms with Gasteiger partial charge in [-0.05, 0) is 74.1 Å². The molecule has 2 aromatic rings. The Bertz CT molecular complexity index is 799. The molecule has 3 rings (SSSR count). The molecule has 0 aliphatic heterocycles. The van der Waals surface area contributed by atoms with E-state index in [1.165, 1.54) is 19.3 Å². The number of nitrogens with one attached hydrogen (secondary N) is 1. The second-order valence-electron chi connectivity index (χ2n) is 7.69. The molecule has 144 valence electrons. The molecule has 4 nitrogen and oxygen atoms in total. The molecule has 0 heterocycles. The van der Waals surface area contributed by atoms with Crippen LogP contribution in [0, 0.1) is 20.8 Å². The normalized spacial score (nSPS) is 14.8. The van der Waals surface area contributed by atoms with E-state index in [0.29, 0.717) is 18.2 Å². The predicted octanol–water partition coefficient (Wildman–Crippen LogP) is 5.10. The molecule has 1 fully saturated rings. The van der Waals surface area contributed by atoms with Crippen molar-refractivity contribution in [1.29, 1.82) is 0 Å². The zero-order chi connectivity index (χ0) is 19.4. The van der Waals surface area contributed by atoms with Crippen LogP contribution in [0.15, 0.2) is 30.3 Å². The number of ether oxygens (including phenoxy) is 1. The van der Waals surface area contributed by atoms with E-state index in [0.717, 1.165) is 40.8 Å². The van der Waals surface area contributed by atoms with E-state index in [4.69, 9.17) is 4.74 Å². The van der Waals surface area contributed by atoms with Crippen molar-refractivity contribution >= 4 is 5.91 Å². The lowest BCUT2D eigenvalue weighted by Crippen LogP contribution is -2.37. The zero-order valence-corrected chi connectivity index (χ0v) is 16.5. The molecular weight excluding hydrogens is 338 g/mol. The molecule has 0 aromatic heterocycles. The first kappa shape index (κ1) is 19.3. The number of phenols is 1. The van der Waals surface area contributed by atoms with Gasteiger partial charge in [0.25, 0.3) is 0 Å². The van der Waals surface area contributed by atoms with Gasteiger partial charge in [-0.3, -0.25) is 4.79 Å². The molecule has 2 N–H and O–H groups in total. The van der Waals surface area contributed by atoms with Crippen molar-refractivity contribution < 1.29 is 14.6 Å². The number of carbonyl (C=O) groups is 1. The molecule has 1 saturated carbocycles.